The lowest BCUT2D eigenvalue weighted by Gasteiger charge is -2.32. The van der Waals surface area contributed by atoms with Crippen molar-refractivity contribution in [1.29, 1.82) is 0 Å². The molecular formula is C22H35FN4O2. The number of hydrogen-bond acceptors (Lipinski definition) is 4. The standard InChI is InChI=1S/C22H35FN4O2/c1-24-21(26-16-22(8-12-28)9-13-29-17-22)25-14-18-6-10-27(11-7-18)15-19-4-2-3-5-20(19)23/h2-5,18,28H,6-17H2,1H3,(H2,24,25,26). The van der Waals surface area contributed by atoms with Crippen molar-refractivity contribution in [2.45, 2.75) is 32.2 Å². The molecule has 29 heavy (non-hydrogen) atoms. The van der Waals surface area contributed by atoms with E-state index in [2.05, 4.69) is 20.5 Å². The quantitative estimate of drug-likeness (QED) is 0.455. The highest BCUT2D eigenvalue weighted by Crippen LogP contribution is 2.31. The van der Waals surface area contributed by atoms with Gasteiger partial charge in [0.2, 0.25) is 0 Å². The fourth-order valence-electron chi connectivity index (χ4n) is 4.26. The van der Waals surface area contributed by atoms with Gasteiger partial charge >= 0.3 is 0 Å². The molecule has 0 bridgehead atoms. The molecule has 162 valence electrons. The van der Waals surface area contributed by atoms with Crippen LogP contribution in [0.5, 0.6) is 0 Å². The molecule has 1 unspecified atom stereocenters. The van der Waals surface area contributed by atoms with E-state index in [1.54, 1.807) is 13.1 Å². The first-order valence-corrected chi connectivity index (χ1v) is 10.7. The molecule has 2 aliphatic heterocycles. The molecule has 1 aromatic carbocycles. The monoisotopic (exact) mass is 406 g/mol. The Kier molecular flexibility index (Phi) is 8.27. The molecule has 0 saturated carbocycles. The Morgan fingerprint density at radius 1 is 1.31 bits per heavy atom. The summed E-state index contributed by atoms with van der Waals surface area (Å²) in [5, 5.41) is 16.2. The van der Waals surface area contributed by atoms with E-state index >= 15 is 0 Å². The molecule has 3 rings (SSSR count). The zero-order valence-electron chi connectivity index (χ0n) is 17.5. The third kappa shape index (κ3) is 6.39. The van der Waals surface area contributed by atoms with Gasteiger partial charge in [-0.15, -0.1) is 0 Å². The summed E-state index contributed by atoms with van der Waals surface area (Å²) in [6.45, 7) is 5.95. The van der Waals surface area contributed by atoms with Gasteiger partial charge in [0.15, 0.2) is 5.96 Å². The van der Waals surface area contributed by atoms with Crippen LogP contribution < -0.4 is 10.6 Å². The van der Waals surface area contributed by atoms with Crippen LogP contribution in [-0.2, 0) is 11.3 Å². The average Bonchev–Trinajstić information content (AvgIpc) is 3.20. The second-order valence-corrected chi connectivity index (χ2v) is 8.39. The second-order valence-electron chi connectivity index (χ2n) is 8.39. The number of likely N-dealkylation sites (tertiary alicyclic amines) is 1. The Bertz CT molecular complexity index is 656. The van der Waals surface area contributed by atoms with Crippen molar-refractivity contribution in [3.63, 3.8) is 0 Å². The molecule has 0 radical (unpaired) electrons. The van der Waals surface area contributed by atoms with Crippen LogP contribution in [0.2, 0.25) is 0 Å². The van der Waals surface area contributed by atoms with Crippen molar-refractivity contribution in [1.82, 2.24) is 15.5 Å². The van der Waals surface area contributed by atoms with Crippen molar-refractivity contribution in [3.05, 3.63) is 35.6 Å². The Morgan fingerprint density at radius 3 is 2.76 bits per heavy atom. The Morgan fingerprint density at radius 2 is 2.10 bits per heavy atom. The van der Waals surface area contributed by atoms with Gasteiger partial charge in [-0.1, -0.05) is 18.2 Å². The molecule has 2 aliphatic rings. The second kappa shape index (κ2) is 10.9. The van der Waals surface area contributed by atoms with Crippen LogP contribution in [0.25, 0.3) is 0 Å². The lowest BCUT2D eigenvalue weighted by molar-refractivity contribution is 0.127. The predicted octanol–water partition coefficient (Wildman–Crippen LogP) is 1.99. The van der Waals surface area contributed by atoms with Crippen molar-refractivity contribution < 1.29 is 14.2 Å². The highest BCUT2D eigenvalue weighted by atomic mass is 19.1. The van der Waals surface area contributed by atoms with E-state index in [1.807, 2.05) is 12.1 Å². The van der Waals surface area contributed by atoms with Gasteiger partial charge in [-0.2, -0.15) is 0 Å². The molecular weight excluding hydrogens is 371 g/mol. The largest absolute Gasteiger partial charge is 0.396 e. The van der Waals surface area contributed by atoms with E-state index in [4.69, 9.17) is 4.74 Å². The van der Waals surface area contributed by atoms with E-state index in [0.29, 0.717) is 19.1 Å². The molecule has 3 N–H and O–H groups in total. The van der Waals surface area contributed by atoms with Crippen LogP contribution in [0, 0.1) is 17.2 Å². The summed E-state index contributed by atoms with van der Waals surface area (Å²) in [6, 6.07) is 7.05. The van der Waals surface area contributed by atoms with E-state index in [-0.39, 0.29) is 17.8 Å². The number of rotatable bonds is 8. The molecule has 6 nitrogen and oxygen atoms in total. The fraction of sp³-hybridized carbons (Fsp3) is 0.682. The molecule has 2 fully saturated rings. The Labute approximate surface area is 173 Å². The molecule has 1 atom stereocenters. The van der Waals surface area contributed by atoms with Crippen LogP contribution in [0.15, 0.2) is 29.3 Å². The predicted molar refractivity (Wildman–Crippen MR) is 113 cm³/mol. The number of guanidine groups is 1. The number of piperidine rings is 1. The van der Waals surface area contributed by atoms with E-state index < -0.39 is 0 Å². The first-order valence-electron chi connectivity index (χ1n) is 10.7. The minimum absolute atomic E-state index is 0.00439. The Balaban J connectivity index is 1.38. The van der Waals surface area contributed by atoms with Gasteiger partial charge in [-0.05, 0) is 50.8 Å². The fourth-order valence-corrected chi connectivity index (χ4v) is 4.26. The van der Waals surface area contributed by atoms with Gasteiger partial charge in [0.1, 0.15) is 5.82 Å². The smallest absolute Gasteiger partial charge is 0.191 e. The number of hydrogen-bond donors (Lipinski definition) is 3. The maximum atomic E-state index is 13.9. The minimum atomic E-state index is -0.113. The van der Waals surface area contributed by atoms with Gasteiger partial charge in [0.05, 0.1) is 6.61 Å². The summed E-state index contributed by atoms with van der Waals surface area (Å²) < 4.78 is 19.4. The lowest BCUT2D eigenvalue weighted by atomic mass is 9.84. The van der Waals surface area contributed by atoms with Gasteiger partial charge in [0, 0.05) is 50.9 Å². The van der Waals surface area contributed by atoms with Crippen molar-refractivity contribution in [2.75, 3.05) is 53.0 Å². The highest BCUT2D eigenvalue weighted by Gasteiger charge is 2.34. The number of aliphatic hydroxyl groups excluding tert-OH is 1. The van der Waals surface area contributed by atoms with Crippen LogP contribution in [0.3, 0.4) is 0 Å². The summed E-state index contributed by atoms with van der Waals surface area (Å²) >= 11 is 0. The van der Waals surface area contributed by atoms with Crippen molar-refractivity contribution in [2.24, 2.45) is 16.3 Å². The maximum absolute atomic E-state index is 13.9. The van der Waals surface area contributed by atoms with Crippen molar-refractivity contribution >= 4 is 5.96 Å². The van der Waals surface area contributed by atoms with E-state index in [1.165, 1.54) is 6.07 Å². The molecule has 1 aromatic rings. The van der Waals surface area contributed by atoms with Crippen molar-refractivity contribution in [3.8, 4) is 0 Å². The number of ether oxygens (including phenoxy) is 1. The zero-order chi connectivity index (χ0) is 20.5. The van der Waals surface area contributed by atoms with E-state index in [9.17, 15) is 9.50 Å². The molecule has 2 saturated heterocycles. The van der Waals surface area contributed by atoms with Crippen LogP contribution in [-0.4, -0.2) is 69.0 Å². The highest BCUT2D eigenvalue weighted by molar-refractivity contribution is 5.79. The van der Waals surface area contributed by atoms with Crippen LogP contribution in [0.4, 0.5) is 4.39 Å². The number of nitrogens with zero attached hydrogens (tertiary/aromatic N) is 2. The number of nitrogens with one attached hydrogen (secondary N) is 2. The average molecular weight is 407 g/mol. The minimum Gasteiger partial charge on any atom is -0.396 e. The lowest BCUT2D eigenvalue weighted by Crippen LogP contribution is -2.46. The van der Waals surface area contributed by atoms with Gasteiger partial charge < -0.3 is 20.5 Å². The number of aliphatic hydroxyl groups is 1. The summed E-state index contributed by atoms with van der Waals surface area (Å²) in [5.74, 6) is 1.28. The van der Waals surface area contributed by atoms with Crippen LogP contribution in [0.1, 0.15) is 31.2 Å². The van der Waals surface area contributed by atoms with E-state index in [0.717, 1.165) is 70.0 Å². The Hall–Kier alpha value is -1.70. The summed E-state index contributed by atoms with van der Waals surface area (Å²) in [7, 11) is 1.79. The molecule has 0 amide bonds. The molecule has 0 aromatic heterocycles. The summed E-state index contributed by atoms with van der Waals surface area (Å²) in [6.07, 6.45) is 3.91. The zero-order valence-corrected chi connectivity index (χ0v) is 17.5. The summed E-state index contributed by atoms with van der Waals surface area (Å²) in [4.78, 5) is 6.68. The number of halogens is 1. The van der Waals surface area contributed by atoms with Crippen LogP contribution >= 0.6 is 0 Å². The third-order valence-electron chi connectivity index (χ3n) is 6.30. The van der Waals surface area contributed by atoms with Gasteiger partial charge in [0.25, 0.3) is 0 Å². The molecule has 2 heterocycles. The third-order valence-corrected chi connectivity index (χ3v) is 6.30. The molecule has 0 aliphatic carbocycles. The molecule has 0 spiro atoms. The van der Waals surface area contributed by atoms with Gasteiger partial charge in [-0.25, -0.2) is 4.39 Å². The SMILES string of the molecule is CN=C(NCC1CCN(Cc2ccccc2F)CC1)NCC1(CCO)CCOC1. The number of aliphatic imine (C=N–C) groups is 1. The normalized spacial score (nSPS) is 24.0. The topological polar surface area (TPSA) is 69.1 Å². The van der Waals surface area contributed by atoms with Gasteiger partial charge in [-0.3, -0.25) is 9.89 Å². The first kappa shape index (κ1) is 22.0. The maximum Gasteiger partial charge on any atom is 0.191 e. The number of benzene rings is 1. The molecule has 7 heteroatoms. The summed E-state index contributed by atoms with van der Waals surface area (Å²) in [5.41, 5.74) is 0.783. The first-order chi connectivity index (χ1) is 14.1.